The minimum absolute atomic E-state index is 0.140. The fourth-order valence-corrected chi connectivity index (χ4v) is 2.54. The number of hydrogen-bond acceptors (Lipinski definition) is 4. The molecule has 0 saturated heterocycles. The standard InChI is InChI=1S/C19H19N5O2/c1-14(25)20-12-13-21-19(26)17-18(15-8-4-2-5-9-15)24(23-22-17)16-10-6-3-7-11-16/h2-11H,12-13H2,1H3,(H,20,25)(H,21,26). The molecule has 3 aromatic rings. The molecule has 1 aromatic heterocycles. The number of carbonyl (C=O) groups is 2. The highest BCUT2D eigenvalue weighted by atomic mass is 16.2. The number of amides is 2. The first-order valence-electron chi connectivity index (χ1n) is 8.26. The first-order valence-corrected chi connectivity index (χ1v) is 8.26. The summed E-state index contributed by atoms with van der Waals surface area (Å²) in [5, 5.41) is 13.7. The van der Waals surface area contributed by atoms with Gasteiger partial charge in [0.15, 0.2) is 5.69 Å². The number of nitrogens with one attached hydrogen (secondary N) is 2. The van der Waals surface area contributed by atoms with Gasteiger partial charge in [-0.3, -0.25) is 9.59 Å². The van der Waals surface area contributed by atoms with Gasteiger partial charge in [-0.2, -0.15) is 0 Å². The third-order valence-corrected chi connectivity index (χ3v) is 3.72. The Morgan fingerprint density at radius 3 is 2.19 bits per heavy atom. The largest absolute Gasteiger partial charge is 0.355 e. The maximum atomic E-state index is 12.6. The molecule has 2 N–H and O–H groups in total. The van der Waals surface area contributed by atoms with Gasteiger partial charge in [0.05, 0.1) is 5.69 Å². The highest BCUT2D eigenvalue weighted by Crippen LogP contribution is 2.25. The van der Waals surface area contributed by atoms with Crippen LogP contribution in [0.25, 0.3) is 16.9 Å². The molecule has 0 bridgehead atoms. The topological polar surface area (TPSA) is 88.9 Å². The van der Waals surface area contributed by atoms with Gasteiger partial charge in [0.2, 0.25) is 5.91 Å². The Hall–Kier alpha value is -3.48. The molecule has 1 heterocycles. The van der Waals surface area contributed by atoms with Crippen LogP contribution in [0.2, 0.25) is 0 Å². The molecule has 2 aromatic carbocycles. The number of rotatable bonds is 6. The lowest BCUT2D eigenvalue weighted by Crippen LogP contribution is -2.34. The lowest BCUT2D eigenvalue weighted by atomic mass is 10.1. The lowest BCUT2D eigenvalue weighted by Gasteiger charge is -2.09. The maximum Gasteiger partial charge on any atom is 0.274 e. The Bertz CT molecular complexity index is 891. The molecule has 7 heteroatoms. The lowest BCUT2D eigenvalue weighted by molar-refractivity contribution is -0.118. The van der Waals surface area contributed by atoms with Gasteiger partial charge in [0.1, 0.15) is 5.69 Å². The second-order valence-electron chi connectivity index (χ2n) is 5.64. The van der Waals surface area contributed by atoms with E-state index in [4.69, 9.17) is 0 Å². The molecule has 0 radical (unpaired) electrons. The molecule has 132 valence electrons. The Morgan fingerprint density at radius 1 is 0.923 bits per heavy atom. The molecule has 0 aliphatic carbocycles. The highest BCUT2D eigenvalue weighted by molar-refractivity contribution is 5.98. The van der Waals surface area contributed by atoms with Gasteiger partial charge < -0.3 is 10.6 Å². The number of nitrogens with zero attached hydrogens (tertiary/aromatic N) is 3. The summed E-state index contributed by atoms with van der Waals surface area (Å²) >= 11 is 0. The van der Waals surface area contributed by atoms with Crippen LogP contribution in [0.3, 0.4) is 0 Å². The van der Waals surface area contributed by atoms with Crippen LogP contribution in [0.15, 0.2) is 60.7 Å². The molecule has 0 unspecified atom stereocenters. The summed E-state index contributed by atoms with van der Waals surface area (Å²) in [5.41, 5.74) is 2.52. The molecule has 0 aliphatic heterocycles. The number of benzene rings is 2. The quantitative estimate of drug-likeness (QED) is 0.664. The molecular weight excluding hydrogens is 330 g/mol. The van der Waals surface area contributed by atoms with E-state index < -0.39 is 0 Å². The molecule has 26 heavy (non-hydrogen) atoms. The van der Waals surface area contributed by atoms with Crippen LogP contribution in [0.1, 0.15) is 17.4 Å². The zero-order valence-electron chi connectivity index (χ0n) is 14.3. The van der Waals surface area contributed by atoms with Gasteiger partial charge in [0, 0.05) is 25.6 Å². The van der Waals surface area contributed by atoms with E-state index in [1.54, 1.807) is 4.68 Å². The average molecular weight is 349 g/mol. The van der Waals surface area contributed by atoms with Crippen molar-refractivity contribution in [3.05, 3.63) is 66.4 Å². The molecule has 7 nitrogen and oxygen atoms in total. The summed E-state index contributed by atoms with van der Waals surface area (Å²) in [5.74, 6) is -0.476. The monoisotopic (exact) mass is 349 g/mol. The molecule has 0 atom stereocenters. The van der Waals surface area contributed by atoms with Gasteiger partial charge in [-0.15, -0.1) is 5.10 Å². The van der Waals surface area contributed by atoms with E-state index in [2.05, 4.69) is 20.9 Å². The van der Waals surface area contributed by atoms with Crippen LogP contribution in [0, 0.1) is 0 Å². The van der Waals surface area contributed by atoms with Gasteiger partial charge >= 0.3 is 0 Å². The molecule has 3 rings (SSSR count). The molecule has 0 fully saturated rings. The predicted molar refractivity (Wildman–Crippen MR) is 97.8 cm³/mol. The average Bonchev–Trinajstić information content (AvgIpc) is 3.11. The number of carbonyl (C=O) groups excluding carboxylic acids is 2. The van der Waals surface area contributed by atoms with E-state index in [1.165, 1.54) is 6.92 Å². The summed E-state index contributed by atoms with van der Waals surface area (Å²) in [7, 11) is 0. The van der Waals surface area contributed by atoms with Gasteiger partial charge in [-0.05, 0) is 12.1 Å². The van der Waals surface area contributed by atoms with E-state index in [0.717, 1.165) is 11.3 Å². The van der Waals surface area contributed by atoms with Crippen molar-refractivity contribution in [1.82, 2.24) is 25.6 Å². The maximum absolute atomic E-state index is 12.6. The van der Waals surface area contributed by atoms with Crippen LogP contribution >= 0.6 is 0 Å². The van der Waals surface area contributed by atoms with Crippen LogP contribution in [0.4, 0.5) is 0 Å². The van der Waals surface area contributed by atoms with Crippen molar-refractivity contribution in [3.63, 3.8) is 0 Å². The van der Waals surface area contributed by atoms with Gasteiger partial charge in [0.25, 0.3) is 5.91 Å². The van der Waals surface area contributed by atoms with E-state index in [0.29, 0.717) is 18.8 Å². The van der Waals surface area contributed by atoms with E-state index >= 15 is 0 Å². The smallest absolute Gasteiger partial charge is 0.274 e. The van der Waals surface area contributed by atoms with E-state index in [9.17, 15) is 9.59 Å². The van der Waals surface area contributed by atoms with Crippen LogP contribution in [0.5, 0.6) is 0 Å². The molecule has 0 saturated carbocycles. The summed E-state index contributed by atoms with van der Waals surface area (Å²) in [6.07, 6.45) is 0. The zero-order valence-corrected chi connectivity index (χ0v) is 14.3. The SMILES string of the molecule is CC(=O)NCCNC(=O)c1nnn(-c2ccccc2)c1-c1ccccc1. The second-order valence-corrected chi connectivity index (χ2v) is 5.64. The Labute approximate surface area is 151 Å². The molecular formula is C19H19N5O2. The molecule has 0 spiro atoms. The van der Waals surface area contributed by atoms with Crippen molar-refractivity contribution >= 4 is 11.8 Å². The number of para-hydroxylation sites is 1. The van der Waals surface area contributed by atoms with Crippen molar-refractivity contribution in [3.8, 4) is 16.9 Å². The summed E-state index contributed by atoms with van der Waals surface area (Å²) in [6.45, 7) is 2.10. The Kier molecular flexibility index (Phi) is 5.38. The van der Waals surface area contributed by atoms with E-state index in [1.807, 2.05) is 60.7 Å². The number of aromatic nitrogens is 3. The van der Waals surface area contributed by atoms with Crippen LogP contribution in [-0.4, -0.2) is 39.9 Å². The third-order valence-electron chi connectivity index (χ3n) is 3.72. The van der Waals surface area contributed by atoms with Crippen molar-refractivity contribution < 1.29 is 9.59 Å². The predicted octanol–water partition coefficient (Wildman–Crippen LogP) is 1.80. The highest BCUT2D eigenvalue weighted by Gasteiger charge is 2.21. The van der Waals surface area contributed by atoms with E-state index in [-0.39, 0.29) is 17.5 Å². The van der Waals surface area contributed by atoms with Crippen molar-refractivity contribution in [2.24, 2.45) is 0 Å². The molecule has 0 aliphatic rings. The molecule has 2 amide bonds. The van der Waals surface area contributed by atoms with Crippen LogP contribution < -0.4 is 10.6 Å². The fraction of sp³-hybridized carbons (Fsp3) is 0.158. The summed E-state index contributed by atoms with van der Waals surface area (Å²) in [6, 6.07) is 19.0. The minimum Gasteiger partial charge on any atom is -0.355 e. The minimum atomic E-state index is -0.337. The number of hydrogen-bond donors (Lipinski definition) is 2. The first kappa shape index (κ1) is 17.3. The van der Waals surface area contributed by atoms with Crippen molar-refractivity contribution in [1.29, 1.82) is 0 Å². The zero-order chi connectivity index (χ0) is 18.4. The summed E-state index contributed by atoms with van der Waals surface area (Å²) < 4.78 is 1.65. The third kappa shape index (κ3) is 3.94. The first-order chi connectivity index (χ1) is 12.7. The fourth-order valence-electron chi connectivity index (χ4n) is 2.54. The van der Waals surface area contributed by atoms with Gasteiger partial charge in [-0.1, -0.05) is 53.7 Å². The van der Waals surface area contributed by atoms with Crippen LogP contribution in [-0.2, 0) is 4.79 Å². The van der Waals surface area contributed by atoms with Crippen molar-refractivity contribution in [2.75, 3.05) is 13.1 Å². The Morgan fingerprint density at radius 2 is 1.54 bits per heavy atom. The normalized spacial score (nSPS) is 10.3. The van der Waals surface area contributed by atoms with Crippen molar-refractivity contribution in [2.45, 2.75) is 6.92 Å². The second kappa shape index (κ2) is 8.06. The Balaban J connectivity index is 1.92. The van der Waals surface area contributed by atoms with Gasteiger partial charge in [-0.25, -0.2) is 4.68 Å². The summed E-state index contributed by atoms with van der Waals surface area (Å²) in [4.78, 5) is 23.5.